The molecule has 3 rings (SSSR count). The Labute approximate surface area is 164 Å². The van der Waals surface area contributed by atoms with Crippen molar-refractivity contribution in [1.82, 2.24) is 0 Å². The molecular weight excluding hydrogens is 360 g/mol. The van der Waals surface area contributed by atoms with E-state index in [4.69, 9.17) is 14.2 Å². The summed E-state index contributed by atoms with van der Waals surface area (Å²) in [6.07, 6.45) is 5.29. The van der Waals surface area contributed by atoms with Gasteiger partial charge in [0.05, 0.1) is 0 Å². The van der Waals surface area contributed by atoms with Crippen LogP contribution in [0.4, 0.5) is 0 Å². The fourth-order valence-electron chi connectivity index (χ4n) is 4.04. The third-order valence-electron chi connectivity index (χ3n) is 5.28. The Bertz CT molecular complexity index is 830. The van der Waals surface area contributed by atoms with E-state index in [-0.39, 0.29) is 23.8 Å². The molecule has 6 heteroatoms. The van der Waals surface area contributed by atoms with Crippen LogP contribution in [-0.2, 0) is 28.6 Å². The number of Topliss-reactive ketones (excluding diaryl/α,β-unsaturated/α-hetero) is 1. The summed E-state index contributed by atoms with van der Waals surface area (Å²) < 4.78 is 17.1. The van der Waals surface area contributed by atoms with Gasteiger partial charge in [-0.1, -0.05) is 17.7 Å². The normalized spacial score (nSPS) is 34.7. The molecule has 4 atom stereocenters. The second kappa shape index (κ2) is 7.51. The summed E-state index contributed by atoms with van der Waals surface area (Å²) in [6.45, 7) is 10.7. The van der Waals surface area contributed by atoms with E-state index in [1.165, 1.54) is 6.92 Å². The molecule has 3 aliphatic heterocycles. The van der Waals surface area contributed by atoms with Gasteiger partial charge in [-0.3, -0.25) is 9.59 Å². The lowest BCUT2D eigenvalue weighted by atomic mass is 9.83. The molecule has 0 aliphatic carbocycles. The van der Waals surface area contributed by atoms with Gasteiger partial charge < -0.3 is 14.2 Å². The summed E-state index contributed by atoms with van der Waals surface area (Å²) in [5, 5.41) is 0. The van der Waals surface area contributed by atoms with E-state index in [9.17, 15) is 14.4 Å². The van der Waals surface area contributed by atoms with Gasteiger partial charge in [-0.05, 0) is 57.4 Å². The number of carbonyl (C=O) groups is 3. The van der Waals surface area contributed by atoms with Crippen molar-refractivity contribution in [2.75, 3.05) is 0 Å². The molecule has 150 valence electrons. The minimum absolute atomic E-state index is 0.167. The van der Waals surface area contributed by atoms with E-state index < -0.39 is 17.9 Å². The van der Waals surface area contributed by atoms with Gasteiger partial charge in [0.1, 0.15) is 12.2 Å². The maximum Gasteiger partial charge on any atom is 0.334 e. The van der Waals surface area contributed by atoms with Gasteiger partial charge in [0.2, 0.25) is 0 Å². The molecule has 0 saturated heterocycles. The predicted molar refractivity (Wildman–Crippen MR) is 102 cm³/mol. The van der Waals surface area contributed by atoms with Crippen LogP contribution in [0.3, 0.4) is 0 Å². The average Bonchev–Trinajstić information content (AvgIpc) is 2.89. The maximum absolute atomic E-state index is 12.9. The van der Waals surface area contributed by atoms with Crippen molar-refractivity contribution in [3.8, 4) is 0 Å². The van der Waals surface area contributed by atoms with Gasteiger partial charge in [-0.15, -0.1) is 0 Å². The summed E-state index contributed by atoms with van der Waals surface area (Å²) in [4.78, 5) is 36.9. The van der Waals surface area contributed by atoms with Gasteiger partial charge >= 0.3 is 11.9 Å². The molecule has 28 heavy (non-hydrogen) atoms. The topological polar surface area (TPSA) is 78.9 Å². The molecule has 0 aromatic rings. The summed E-state index contributed by atoms with van der Waals surface area (Å²) in [5.41, 5.74) is 2.68. The number of hydrogen-bond acceptors (Lipinski definition) is 6. The van der Waals surface area contributed by atoms with Gasteiger partial charge in [-0.2, -0.15) is 0 Å². The highest BCUT2D eigenvalue weighted by molar-refractivity contribution is 6.00. The molecule has 0 N–H and O–H groups in total. The summed E-state index contributed by atoms with van der Waals surface area (Å²) in [7, 11) is 0. The van der Waals surface area contributed by atoms with Crippen LogP contribution in [0.25, 0.3) is 0 Å². The maximum atomic E-state index is 12.9. The first-order valence-electron chi connectivity index (χ1n) is 9.46. The van der Waals surface area contributed by atoms with E-state index >= 15 is 0 Å². The second-order valence-electron chi connectivity index (χ2n) is 7.87. The smallest absolute Gasteiger partial charge is 0.334 e. The van der Waals surface area contributed by atoms with Crippen molar-refractivity contribution in [2.24, 2.45) is 5.92 Å². The Morgan fingerprint density at radius 1 is 1.25 bits per heavy atom. The number of carbonyl (C=O) groups excluding carboxylic acids is 3. The zero-order valence-corrected chi connectivity index (χ0v) is 16.7. The first-order valence-corrected chi connectivity index (χ1v) is 9.46. The highest BCUT2D eigenvalue weighted by Crippen LogP contribution is 2.38. The average molecular weight is 386 g/mol. The number of hydrogen-bond donors (Lipinski definition) is 0. The molecule has 3 unspecified atom stereocenters. The van der Waals surface area contributed by atoms with Crippen molar-refractivity contribution in [1.29, 1.82) is 0 Å². The molecule has 3 aliphatic rings. The van der Waals surface area contributed by atoms with Crippen molar-refractivity contribution in [3.05, 3.63) is 47.1 Å². The number of ketones is 1. The summed E-state index contributed by atoms with van der Waals surface area (Å²) >= 11 is 0. The van der Waals surface area contributed by atoms with Gasteiger partial charge in [0, 0.05) is 24.8 Å². The SMILES string of the molecule is C=C(C)C1CCC2=C[C@H](C/C(C)=C\C3(OC(C)=O)C=C(C)C(=O)C1O3)OC2=O. The molecule has 3 heterocycles. The Morgan fingerprint density at radius 3 is 2.61 bits per heavy atom. The van der Waals surface area contributed by atoms with E-state index in [0.717, 1.165) is 11.1 Å². The zero-order valence-electron chi connectivity index (χ0n) is 16.7. The van der Waals surface area contributed by atoms with E-state index in [1.807, 2.05) is 19.9 Å². The first-order chi connectivity index (χ1) is 13.1. The third kappa shape index (κ3) is 4.02. The molecule has 0 saturated carbocycles. The van der Waals surface area contributed by atoms with E-state index in [2.05, 4.69) is 6.58 Å². The lowest BCUT2D eigenvalue weighted by Crippen LogP contribution is -2.48. The Kier molecular flexibility index (Phi) is 5.44. The first kappa shape index (κ1) is 20.3. The Hall–Kier alpha value is -2.47. The van der Waals surface area contributed by atoms with Crippen LogP contribution in [0.5, 0.6) is 0 Å². The monoisotopic (exact) mass is 386 g/mol. The molecule has 0 aromatic carbocycles. The fraction of sp³-hybridized carbons (Fsp3) is 0.500. The lowest BCUT2D eigenvalue weighted by molar-refractivity contribution is -0.212. The van der Waals surface area contributed by atoms with Crippen LogP contribution in [-0.4, -0.2) is 35.7 Å². The Morgan fingerprint density at radius 2 is 1.96 bits per heavy atom. The van der Waals surface area contributed by atoms with Crippen molar-refractivity contribution >= 4 is 17.7 Å². The fourth-order valence-corrected chi connectivity index (χ4v) is 4.04. The summed E-state index contributed by atoms with van der Waals surface area (Å²) in [5.74, 6) is -2.81. The second-order valence-corrected chi connectivity index (χ2v) is 7.87. The third-order valence-corrected chi connectivity index (χ3v) is 5.28. The highest BCUT2D eigenvalue weighted by atomic mass is 16.7. The minimum atomic E-state index is -1.47. The van der Waals surface area contributed by atoms with Gasteiger partial charge in [0.15, 0.2) is 5.78 Å². The number of fused-ring (bicyclic) bond motifs is 3. The number of ether oxygens (including phenoxy) is 3. The van der Waals surface area contributed by atoms with Crippen LogP contribution in [0.2, 0.25) is 0 Å². The minimum Gasteiger partial charge on any atom is -0.454 e. The lowest BCUT2D eigenvalue weighted by Gasteiger charge is -2.39. The highest BCUT2D eigenvalue weighted by Gasteiger charge is 2.45. The molecular formula is C22H26O6. The van der Waals surface area contributed by atoms with Crippen molar-refractivity contribution in [3.63, 3.8) is 0 Å². The van der Waals surface area contributed by atoms with Crippen molar-refractivity contribution < 1.29 is 28.6 Å². The standard InChI is InChI=1S/C22H26O6/c1-12(2)18-7-6-16-9-17(26-21(16)25)8-13(3)10-22(27-15(5)23)11-14(4)19(24)20(18)28-22/h9-11,17-18,20H,1,6-8H2,2-5H3/b13-10-/t17-,18?,20?,22?/m0/s1. The van der Waals surface area contributed by atoms with E-state index in [1.54, 1.807) is 19.1 Å². The van der Waals surface area contributed by atoms with Crippen LogP contribution in [0.1, 0.15) is 47.0 Å². The number of rotatable bonds is 2. The van der Waals surface area contributed by atoms with Crippen LogP contribution >= 0.6 is 0 Å². The van der Waals surface area contributed by atoms with Crippen LogP contribution in [0.15, 0.2) is 47.1 Å². The summed E-state index contributed by atoms with van der Waals surface area (Å²) in [6, 6.07) is 0. The quantitative estimate of drug-likeness (QED) is 0.535. The molecule has 0 radical (unpaired) electrons. The van der Waals surface area contributed by atoms with Crippen LogP contribution in [0, 0.1) is 5.92 Å². The molecule has 0 spiro atoms. The Balaban J connectivity index is 2.12. The van der Waals surface area contributed by atoms with Gasteiger partial charge in [-0.25, -0.2) is 4.79 Å². The zero-order chi connectivity index (χ0) is 20.6. The van der Waals surface area contributed by atoms with E-state index in [0.29, 0.717) is 30.4 Å². The van der Waals surface area contributed by atoms with Gasteiger partial charge in [0.25, 0.3) is 5.79 Å². The molecule has 0 fully saturated rings. The molecule has 4 bridgehead atoms. The molecule has 0 aromatic heterocycles. The molecule has 0 amide bonds. The largest absolute Gasteiger partial charge is 0.454 e. The molecule has 6 nitrogen and oxygen atoms in total. The number of esters is 2. The predicted octanol–water partition coefficient (Wildman–Crippen LogP) is 3.33. The van der Waals surface area contributed by atoms with Crippen molar-refractivity contribution in [2.45, 2.75) is 65.0 Å². The van der Waals surface area contributed by atoms with Crippen LogP contribution < -0.4 is 0 Å².